The van der Waals surface area contributed by atoms with Gasteiger partial charge >= 0.3 is 35.7 Å². The minimum atomic E-state index is -5.58. The van der Waals surface area contributed by atoms with E-state index in [1.807, 2.05) is 36.4 Å². The molecule has 1 aliphatic carbocycles. The largest absolute Gasteiger partial charge is 1.00 e. The van der Waals surface area contributed by atoms with Crippen LogP contribution in [0, 0.1) is 5.92 Å². The fourth-order valence-electron chi connectivity index (χ4n) is 10.3. The number of phenolic OH excluding ortho intramolecular Hbond substituents is 1. The van der Waals surface area contributed by atoms with Gasteiger partial charge in [-0.05, 0) is 46.9 Å². The molecule has 14 atom stereocenters. The summed E-state index contributed by atoms with van der Waals surface area (Å²) < 4.78 is 44.1. The van der Waals surface area contributed by atoms with Crippen LogP contribution in [-0.2, 0) is 48.7 Å². The van der Waals surface area contributed by atoms with Gasteiger partial charge in [0.1, 0.15) is 55.1 Å². The van der Waals surface area contributed by atoms with E-state index in [1.54, 1.807) is 12.1 Å². The maximum Gasteiger partial charge on any atom is 1.00 e. The molecule has 3 fully saturated rings. The molecule has 0 saturated carbocycles. The Morgan fingerprint density at radius 3 is 1.99 bits per heavy atom. The number of fused-ring (bicyclic) bond motifs is 5. The van der Waals surface area contributed by atoms with Crippen LogP contribution < -0.4 is 66.1 Å². The standard InChI is InChI=1S/C50H62N8O21S.Na/c1-21-18-58-40(41(21)65)47(71)52-17-24(60)14-31(53-50(74)78-20-30-28-9-5-3-7-26(28)27-8-4-6-10-29(27)30)44(68)54-37(22(2)59)48(72)57-19-25(61)15-32(57)45(69)56-39(46(70)55-38(49(58)73)34(63)16-36(51)64)43(67)42(66)23-11-12-33(62)35(13-23)79-80(75,76)77;/h3-13,21-22,24-25,30-32,34,37-43,59-63,65-67H,14-20H2,1-2H3,(H2,51,64)(H,52,71)(H,53,74)(H,54,68)(H,55,70)(H,56,69)(H,75,76,77);/q;+1/p-1/t21-,22+,24+,25+,31-,32?,34+,37?,38?,39?,40?,41-,42-,43-;/m0./s1. The van der Waals surface area contributed by atoms with Gasteiger partial charge in [-0.3, -0.25) is 33.6 Å². The second-order valence-corrected chi connectivity index (χ2v) is 21.0. The quantitative estimate of drug-likeness (QED) is 0.0455. The third-order valence-electron chi connectivity index (χ3n) is 14.3. The number of hydrogen-bond donors (Lipinski definition) is 14. The van der Waals surface area contributed by atoms with Gasteiger partial charge in [-0.2, -0.15) is 0 Å². The summed E-state index contributed by atoms with van der Waals surface area (Å²) in [5.74, 6) is -12.8. The molecule has 0 bridgehead atoms. The number of carbonyl (C=O) groups is 8. The summed E-state index contributed by atoms with van der Waals surface area (Å²) in [5.41, 5.74) is 8.22. The molecular formula is C50H61N8NaO21S. The third kappa shape index (κ3) is 14.7. The fraction of sp³-hybridized carbons (Fsp3) is 0.480. The molecule has 0 radical (unpaired) electrons. The average molecular weight is 1170 g/mol. The zero-order valence-corrected chi connectivity index (χ0v) is 46.5. The van der Waals surface area contributed by atoms with Crippen LogP contribution in [0.15, 0.2) is 66.7 Å². The van der Waals surface area contributed by atoms with Gasteiger partial charge in [0.25, 0.3) is 10.4 Å². The van der Waals surface area contributed by atoms with Crippen molar-refractivity contribution in [3.63, 3.8) is 0 Å². The molecule has 29 nitrogen and oxygen atoms in total. The normalized spacial score (nSPS) is 27.4. The minimum Gasteiger partial charge on any atom is -0.716 e. The molecule has 0 spiro atoms. The van der Waals surface area contributed by atoms with Gasteiger partial charge in [-0.1, -0.05) is 61.5 Å². The Hall–Kier alpha value is -6.55. The van der Waals surface area contributed by atoms with E-state index in [9.17, 15) is 92.2 Å². The van der Waals surface area contributed by atoms with Crippen LogP contribution in [0.4, 0.5) is 4.79 Å². The van der Waals surface area contributed by atoms with Crippen LogP contribution in [0.1, 0.15) is 61.8 Å². The number of aromatic hydroxyl groups is 1. The van der Waals surface area contributed by atoms with E-state index in [4.69, 9.17) is 10.5 Å². The average Bonchev–Trinajstić information content (AvgIpc) is 4.05. The van der Waals surface area contributed by atoms with Gasteiger partial charge in [0.05, 0.1) is 36.9 Å². The number of nitrogens with zero attached hydrogens (tertiary/aromatic N) is 2. The van der Waals surface area contributed by atoms with E-state index in [-0.39, 0.29) is 36.2 Å². The molecule has 31 heteroatoms. The number of aliphatic hydroxyl groups excluding tert-OH is 7. The Labute approximate surface area is 484 Å². The third-order valence-corrected chi connectivity index (χ3v) is 14.7. The van der Waals surface area contributed by atoms with Gasteiger partial charge in [-0.25, -0.2) is 13.2 Å². The fourth-order valence-corrected chi connectivity index (χ4v) is 10.6. The molecule has 4 aliphatic rings. The maximum atomic E-state index is 14.6. The molecule has 3 saturated heterocycles. The number of β-amino-alcohol motifs (C(OH)–C–C–N with tert-alkyl or cyclic N) is 1. The van der Waals surface area contributed by atoms with Crippen LogP contribution in [0.2, 0.25) is 0 Å². The van der Waals surface area contributed by atoms with Gasteiger partial charge in [0.2, 0.25) is 41.4 Å². The van der Waals surface area contributed by atoms with Crippen molar-refractivity contribution in [1.29, 1.82) is 0 Å². The number of alkyl carbamates (subject to hydrolysis) is 1. The first-order valence-electron chi connectivity index (χ1n) is 25.1. The summed E-state index contributed by atoms with van der Waals surface area (Å²) in [7, 11) is -5.58. The molecule has 5 unspecified atom stereocenters. The predicted molar refractivity (Wildman–Crippen MR) is 269 cm³/mol. The van der Waals surface area contributed by atoms with Crippen molar-refractivity contribution in [2.75, 3.05) is 26.2 Å². The number of hydrogen-bond acceptors (Lipinski definition) is 21. The van der Waals surface area contributed by atoms with E-state index in [0.717, 1.165) is 35.2 Å². The molecule has 3 heterocycles. The topological polar surface area (TPSA) is 467 Å². The molecular weight excluding hydrogens is 1100 g/mol. The zero-order chi connectivity index (χ0) is 58.7. The SMILES string of the molecule is C[C@@H](O)C1NC(=O)[C@@H](NC(=O)OCC2c3ccccc3-c3ccccc32)C[C@@H](O)CNC(=O)C2[C@@H](O)[C@@H](C)CN2C(=O)C([C@H](O)CC(N)=O)NC(=O)C([C@H](O)[C@@H](O)c2ccc(O)c(OS(=O)(=O)[O-])c2)NC(=O)C2C[C@@H](O)CN2C1=O.[Na+]. The van der Waals surface area contributed by atoms with Crippen LogP contribution >= 0.6 is 0 Å². The second-order valence-electron chi connectivity index (χ2n) is 20.0. The first-order chi connectivity index (χ1) is 37.6. The number of benzene rings is 3. The number of phenols is 1. The summed E-state index contributed by atoms with van der Waals surface area (Å²) >= 11 is 0. The summed E-state index contributed by atoms with van der Waals surface area (Å²) in [6, 6.07) is 4.35. The Morgan fingerprint density at radius 2 is 1.38 bits per heavy atom. The molecule has 0 aromatic heterocycles. The van der Waals surface area contributed by atoms with E-state index in [0.29, 0.717) is 21.9 Å². The van der Waals surface area contributed by atoms with Crippen LogP contribution in [0.5, 0.6) is 11.5 Å². The van der Waals surface area contributed by atoms with E-state index < -0.39 is 205 Å². The summed E-state index contributed by atoms with van der Waals surface area (Å²) in [4.78, 5) is 114. The number of rotatable bonds is 12. The van der Waals surface area contributed by atoms with Crippen molar-refractivity contribution >= 4 is 57.8 Å². The van der Waals surface area contributed by atoms with E-state index in [2.05, 4.69) is 30.8 Å². The van der Waals surface area contributed by atoms with Gasteiger partial charge in [-0.15, -0.1) is 0 Å². The summed E-state index contributed by atoms with van der Waals surface area (Å²) in [6.07, 6.45) is -17.9. The molecule has 434 valence electrons. The molecule has 81 heavy (non-hydrogen) atoms. The first-order valence-corrected chi connectivity index (χ1v) is 26.4. The van der Waals surface area contributed by atoms with Crippen molar-refractivity contribution in [3.8, 4) is 22.6 Å². The number of aliphatic hydroxyl groups is 7. The van der Waals surface area contributed by atoms with Crippen molar-refractivity contribution in [2.24, 2.45) is 11.7 Å². The number of nitrogens with one attached hydrogen (secondary N) is 5. The molecule has 3 aliphatic heterocycles. The van der Waals surface area contributed by atoms with Gasteiger partial charge in [0.15, 0.2) is 11.5 Å². The van der Waals surface area contributed by atoms with Crippen LogP contribution in [0.25, 0.3) is 11.1 Å². The van der Waals surface area contributed by atoms with Crippen LogP contribution in [0.3, 0.4) is 0 Å². The Balaban J connectivity index is 0.0000106. The number of primary amides is 1. The van der Waals surface area contributed by atoms with Gasteiger partial charge in [0, 0.05) is 44.3 Å². The van der Waals surface area contributed by atoms with Gasteiger partial charge < -0.3 is 96.4 Å². The second kappa shape index (κ2) is 26.6. The number of carbonyl (C=O) groups excluding carboxylic acids is 8. The Kier molecular flexibility index (Phi) is 20.9. The van der Waals surface area contributed by atoms with Crippen molar-refractivity contribution in [2.45, 2.75) is 118 Å². The molecule has 7 rings (SSSR count). The van der Waals surface area contributed by atoms with Crippen LogP contribution in [-0.4, -0.2) is 210 Å². The van der Waals surface area contributed by atoms with Crippen molar-refractivity contribution in [3.05, 3.63) is 83.4 Å². The number of ether oxygens (including phenoxy) is 1. The smallest absolute Gasteiger partial charge is 0.716 e. The van der Waals surface area contributed by atoms with Crippen molar-refractivity contribution in [1.82, 2.24) is 36.4 Å². The monoisotopic (exact) mass is 1160 g/mol. The van der Waals surface area contributed by atoms with E-state index >= 15 is 0 Å². The summed E-state index contributed by atoms with van der Waals surface area (Å²) in [5, 5.41) is 101. The zero-order valence-electron chi connectivity index (χ0n) is 43.7. The molecule has 3 aromatic carbocycles. The summed E-state index contributed by atoms with van der Waals surface area (Å²) in [6.45, 7) is 0.288. The maximum absolute atomic E-state index is 14.6. The molecule has 3 aromatic rings. The van der Waals surface area contributed by atoms with E-state index in [1.165, 1.54) is 6.92 Å². The Morgan fingerprint density at radius 1 is 0.790 bits per heavy atom. The predicted octanol–water partition coefficient (Wildman–Crippen LogP) is -8.34. The number of nitrogens with two attached hydrogens (primary N) is 1. The number of amides is 8. The first kappa shape index (κ1) is 63.6. The molecule has 8 amide bonds. The minimum absolute atomic E-state index is 0. The van der Waals surface area contributed by atoms with Crippen molar-refractivity contribution < 1.29 is 131 Å². The molecule has 15 N–H and O–H groups in total. The Bertz CT molecular complexity index is 2950.